The monoisotopic (exact) mass is 305 g/mol. The zero-order valence-electron chi connectivity index (χ0n) is 12.4. The molecule has 0 saturated heterocycles. The number of para-hydroxylation sites is 3. The zero-order valence-corrected chi connectivity index (χ0v) is 12.4. The van der Waals surface area contributed by atoms with E-state index in [-0.39, 0.29) is 11.9 Å². The topological polar surface area (TPSA) is 64.1 Å². The molecule has 4 rings (SSSR count). The number of ether oxygens (including phenoxy) is 1. The van der Waals surface area contributed by atoms with Crippen LogP contribution < -0.4 is 10.1 Å². The predicted octanol–water partition coefficient (Wildman–Crippen LogP) is 2.88. The second-order valence-electron chi connectivity index (χ2n) is 5.44. The van der Waals surface area contributed by atoms with Crippen molar-refractivity contribution in [2.24, 2.45) is 0 Å². The second-order valence-corrected chi connectivity index (χ2v) is 5.44. The highest BCUT2D eigenvalue weighted by molar-refractivity contribution is 5.94. The number of rotatable bonds is 2. The highest BCUT2D eigenvalue weighted by Crippen LogP contribution is 2.31. The van der Waals surface area contributed by atoms with Crippen LogP contribution in [0, 0.1) is 0 Å². The number of carbonyl (C=O) groups excluding carboxylic acids is 1. The lowest BCUT2D eigenvalue weighted by Gasteiger charge is -2.26. The first-order valence-corrected chi connectivity index (χ1v) is 7.55. The molecule has 114 valence electrons. The van der Waals surface area contributed by atoms with E-state index in [1.54, 1.807) is 0 Å². The normalized spacial score (nSPS) is 16.4. The van der Waals surface area contributed by atoms with Gasteiger partial charge in [0.2, 0.25) is 0 Å². The van der Waals surface area contributed by atoms with Gasteiger partial charge in [-0.15, -0.1) is 0 Å². The lowest BCUT2D eigenvalue weighted by molar-refractivity contribution is 0.0919. The number of hydrogen-bond donors (Lipinski definition) is 1. The van der Waals surface area contributed by atoms with Crippen LogP contribution in [0.1, 0.15) is 28.5 Å². The average Bonchev–Trinajstić information content (AvgIpc) is 2.61. The van der Waals surface area contributed by atoms with Crippen molar-refractivity contribution < 1.29 is 9.53 Å². The molecule has 3 aromatic rings. The SMILES string of the molecule is O=C(N[C@H]1CCOc2ccccc21)c1cnc2ccccc2n1. The summed E-state index contributed by atoms with van der Waals surface area (Å²) in [5.41, 5.74) is 2.82. The third-order valence-electron chi connectivity index (χ3n) is 3.95. The number of carbonyl (C=O) groups is 1. The molecule has 0 fully saturated rings. The molecule has 1 amide bonds. The Morgan fingerprint density at radius 3 is 2.78 bits per heavy atom. The van der Waals surface area contributed by atoms with Crippen LogP contribution in [0.5, 0.6) is 5.75 Å². The number of hydrogen-bond acceptors (Lipinski definition) is 4. The lowest BCUT2D eigenvalue weighted by Crippen LogP contribution is -2.32. The van der Waals surface area contributed by atoms with Crippen molar-refractivity contribution in [3.63, 3.8) is 0 Å². The second kappa shape index (κ2) is 5.68. The Hall–Kier alpha value is -2.95. The van der Waals surface area contributed by atoms with Crippen LogP contribution in [0.15, 0.2) is 54.7 Å². The molecule has 1 N–H and O–H groups in total. The maximum absolute atomic E-state index is 12.5. The molecule has 1 aromatic heterocycles. The van der Waals surface area contributed by atoms with Gasteiger partial charge in [-0.1, -0.05) is 30.3 Å². The van der Waals surface area contributed by atoms with Gasteiger partial charge in [0.15, 0.2) is 0 Å². The van der Waals surface area contributed by atoms with Crippen molar-refractivity contribution in [3.8, 4) is 5.75 Å². The van der Waals surface area contributed by atoms with E-state index in [4.69, 9.17) is 4.74 Å². The van der Waals surface area contributed by atoms with Gasteiger partial charge >= 0.3 is 0 Å². The van der Waals surface area contributed by atoms with Crippen molar-refractivity contribution in [2.75, 3.05) is 6.61 Å². The van der Waals surface area contributed by atoms with E-state index in [1.807, 2.05) is 48.5 Å². The minimum absolute atomic E-state index is 0.0688. The molecule has 5 heteroatoms. The molecule has 0 aliphatic carbocycles. The predicted molar refractivity (Wildman–Crippen MR) is 86.3 cm³/mol. The summed E-state index contributed by atoms with van der Waals surface area (Å²) in [5, 5.41) is 3.03. The Balaban J connectivity index is 1.60. The number of benzene rings is 2. The molecule has 1 aliphatic rings. The van der Waals surface area contributed by atoms with Crippen LogP contribution in [0.4, 0.5) is 0 Å². The van der Waals surface area contributed by atoms with E-state index in [0.29, 0.717) is 17.8 Å². The summed E-state index contributed by atoms with van der Waals surface area (Å²) in [6.07, 6.45) is 2.26. The maximum atomic E-state index is 12.5. The minimum atomic E-state index is -0.218. The molecule has 1 aliphatic heterocycles. The largest absolute Gasteiger partial charge is 0.493 e. The van der Waals surface area contributed by atoms with Gasteiger partial charge in [0.1, 0.15) is 11.4 Å². The van der Waals surface area contributed by atoms with E-state index in [2.05, 4.69) is 15.3 Å². The molecule has 0 saturated carbocycles. The first kappa shape index (κ1) is 13.7. The summed E-state index contributed by atoms with van der Waals surface area (Å²) < 4.78 is 5.62. The molecule has 2 heterocycles. The number of aromatic nitrogens is 2. The van der Waals surface area contributed by atoms with Crippen LogP contribution in [-0.2, 0) is 0 Å². The fourth-order valence-corrected chi connectivity index (χ4v) is 2.79. The summed E-state index contributed by atoms with van der Waals surface area (Å²) in [4.78, 5) is 21.2. The van der Waals surface area contributed by atoms with Gasteiger partial charge in [-0.3, -0.25) is 9.78 Å². The first-order valence-electron chi connectivity index (χ1n) is 7.55. The lowest BCUT2D eigenvalue weighted by atomic mass is 10.0. The number of amides is 1. The zero-order chi connectivity index (χ0) is 15.6. The van der Waals surface area contributed by atoms with Gasteiger partial charge in [0.25, 0.3) is 5.91 Å². The Bertz CT molecular complexity index is 879. The summed E-state index contributed by atoms with van der Waals surface area (Å²) in [5.74, 6) is 0.610. The van der Waals surface area contributed by atoms with E-state index in [0.717, 1.165) is 23.3 Å². The average molecular weight is 305 g/mol. The summed E-state index contributed by atoms with van der Waals surface area (Å²) in [7, 11) is 0. The minimum Gasteiger partial charge on any atom is -0.493 e. The van der Waals surface area contributed by atoms with Crippen molar-refractivity contribution in [2.45, 2.75) is 12.5 Å². The Morgan fingerprint density at radius 1 is 1.09 bits per heavy atom. The van der Waals surface area contributed by atoms with E-state index in [1.165, 1.54) is 6.20 Å². The Morgan fingerprint density at radius 2 is 1.87 bits per heavy atom. The van der Waals surface area contributed by atoms with Gasteiger partial charge in [0, 0.05) is 12.0 Å². The Labute approximate surface area is 133 Å². The van der Waals surface area contributed by atoms with Gasteiger partial charge in [-0.05, 0) is 18.2 Å². The molecular formula is C18H15N3O2. The molecule has 23 heavy (non-hydrogen) atoms. The maximum Gasteiger partial charge on any atom is 0.271 e. The number of nitrogens with one attached hydrogen (secondary N) is 1. The summed E-state index contributed by atoms with van der Waals surface area (Å²) in [6, 6.07) is 15.2. The highest BCUT2D eigenvalue weighted by Gasteiger charge is 2.23. The van der Waals surface area contributed by atoms with Crippen molar-refractivity contribution in [1.82, 2.24) is 15.3 Å². The van der Waals surface area contributed by atoms with Crippen LogP contribution in [0.3, 0.4) is 0 Å². The van der Waals surface area contributed by atoms with Crippen LogP contribution in [0.2, 0.25) is 0 Å². The van der Waals surface area contributed by atoms with Crippen molar-refractivity contribution >= 4 is 16.9 Å². The third-order valence-corrected chi connectivity index (χ3v) is 3.95. The fraction of sp³-hybridized carbons (Fsp3) is 0.167. The molecule has 2 aromatic carbocycles. The number of nitrogens with zero attached hydrogens (tertiary/aromatic N) is 2. The van der Waals surface area contributed by atoms with E-state index >= 15 is 0 Å². The quantitative estimate of drug-likeness (QED) is 0.790. The summed E-state index contributed by atoms with van der Waals surface area (Å²) in [6.45, 7) is 0.589. The molecule has 0 spiro atoms. The molecule has 0 radical (unpaired) electrons. The standard InChI is InChI=1S/C18H15N3O2/c22-18(16-11-19-14-6-2-3-7-15(14)20-16)21-13-9-10-23-17-8-4-1-5-12(13)17/h1-8,11,13H,9-10H2,(H,21,22)/t13-/m0/s1. The van der Waals surface area contributed by atoms with Gasteiger partial charge in [0.05, 0.1) is 29.9 Å². The fourth-order valence-electron chi connectivity index (χ4n) is 2.79. The molecule has 0 bridgehead atoms. The third kappa shape index (κ3) is 2.61. The van der Waals surface area contributed by atoms with Crippen LogP contribution in [0.25, 0.3) is 11.0 Å². The molecule has 1 atom stereocenters. The first-order chi connectivity index (χ1) is 11.3. The summed E-state index contributed by atoms with van der Waals surface area (Å²) >= 11 is 0. The van der Waals surface area contributed by atoms with Crippen LogP contribution in [-0.4, -0.2) is 22.5 Å². The smallest absolute Gasteiger partial charge is 0.271 e. The van der Waals surface area contributed by atoms with E-state index in [9.17, 15) is 4.79 Å². The van der Waals surface area contributed by atoms with Crippen molar-refractivity contribution in [1.29, 1.82) is 0 Å². The molecular weight excluding hydrogens is 290 g/mol. The highest BCUT2D eigenvalue weighted by atomic mass is 16.5. The van der Waals surface area contributed by atoms with Crippen LogP contribution >= 0.6 is 0 Å². The molecule has 0 unspecified atom stereocenters. The van der Waals surface area contributed by atoms with Crippen molar-refractivity contribution in [3.05, 3.63) is 66.0 Å². The van der Waals surface area contributed by atoms with Gasteiger partial charge in [-0.25, -0.2) is 4.98 Å². The van der Waals surface area contributed by atoms with E-state index < -0.39 is 0 Å². The van der Waals surface area contributed by atoms with Gasteiger partial charge < -0.3 is 10.1 Å². The van der Waals surface area contributed by atoms with Gasteiger partial charge in [-0.2, -0.15) is 0 Å². The number of fused-ring (bicyclic) bond motifs is 2. The Kier molecular flexibility index (Phi) is 3.38. The molecule has 5 nitrogen and oxygen atoms in total.